The van der Waals surface area contributed by atoms with Crippen molar-refractivity contribution in [1.29, 1.82) is 0 Å². The van der Waals surface area contributed by atoms with E-state index in [-0.39, 0.29) is 54.2 Å². The van der Waals surface area contributed by atoms with Gasteiger partial charge in [0.05, 0.1) is 36.6 Å². The summed E-state index contributed by atoms with van der Waals surface area (Å²) in [4.78, 5) is 60.2. The number of carbonyl (C=O) groups is 4. The van der Waals surface area contributed by atoms with Crippen LogP contribution in [0.5, 0.6) is 0 Å². The summed E-state index contributed by atoms with van der Waals surface area (Å²) < 4.78 is 12.4. The average molecular weight is 773 g/mol. The van der Waals surface area contributed by atoms with Gasteiger partial charge in [0.2, 0.25) is 17.7 Å². The fourth-order valence-corrected chi connectivity index (χ4v) is 9.71. The summed E-state index contributed by atoms with van der Waals surface area (Å²) in [5.74, 6) is -3.52. The topological polar surface area (TPSA) is 125 Å². The van der Waals surface area contributed by atoms with Crippen LogP contribution in [-0.4, -0.2) is 92.5 Å². The van der Waals surface area contributed by atoms with Gasteiger partial charge >= 0.3 is 5.97 Å². The molecule has 9 atom stereocenters. The highest BCUT2D eigenvalue weighted by atomic mass is 79.9. The maximum Gasteiger partial charge on any atom is 0.306 e. The molecule has 0 radical (unpaired) electrons. The molecule has 3 heterocycles. The lowest BCUT2D eigenvalue weighted by atomic mass is 9.70. The van der Waals surface area contributed by atoms with E-state index in [9.17, 15) is 19.5 Å². The summed E-state index contributed by atoms with van der Waals surface area (Å²) in [6.07, 6.45) is 4.98. The van der Waals surface area contributed by atoms with Gasteiger partial charge in [0, 0.05) is 23.3 Å². The van der Waals surface area contributed by atoms with Crippen molar-refractivity contribution in [3.05, 3.63) is 61.2 Å². The number of allylic oxidation sites excluding steroid dienone is 1. The highest BCUT2D eigenvalue weighted by Gasteiger charge is 2.77. The van der Waals surface area contributed by atoms with E-state index < -0.39 is 59.1 Å². The predicted molar refractivity (Wildman–Crippen MR) is 201 cm³/mol. The Kier molecular flexibility index (Phi) is 13.0. The van der Waals surface area contributed by atoms with Crippen molar-refractivity contribution in [2.75, 3.05) is 19.8 Å². The minimum atomic E-state index is -1.31. The first-order valence-corrected chi connectivity index (χ1v) is 19.2. The van der Waals surface area contributed by atoms with Gasteiger partial charge in [-0.05, 0) is 50.0 Å². The summed E-state index contributed by atoms with van der Waals surface area (Å²) in [6, 6.07) is 6.80. The van der Waals surface area contributed by atoms with Crippen LogP contribution in [-0.2, 0) is 28.7 Å². The number of alkyl halides is 1. The highest BCUT2D eigenvalue weighted by molar-refractivity contribution is 9.09. The van der Waals surface area contributed by atoms with Gasteiger partial charge in [-0.3, -0.25) is 19.2 Å². The fourth-order valence-electron chi connectivity index (χ4n) is 8.77. The van der Waals surface area contributed by atoms with Crippen molar-refractivity contribution in [2.24, 2.45) is 23.2 Å². The summed E-state index contributed by atoms with van der Waals surface area (Å²) >= 11 is 3.78. The van der Waals surface area contributed by atoms with Crippen LogP contribution in [0, 0.1) is 23.2 Å². The second kappa shape index (κ2) is 16.3. The maximum atomic E-state index is 15.2. The van der Waals surface area contributed by atoms with E-state index >= 15 is 4.79 Å². The van der Waals surface area contributed by atoms with Crippen LogP contribution in [0.3, 0.4) is 0 Å². The molecular formula is C40H58BrN3O7. The predicted octanol–water partition coefficient (Wildman–Crippen LogP) is 5.74. The Labute approximate surface area is 312 Å². The number of rotatable bonds is 17. The van der Waals surface area contributed by atoms with Gasteiger partial charge in [-0.15, -0.1) is 13.2 Å². The number of benzene rings is 1. The number of esters is 1. The zero-order valence-corrected chi connectivity index (χ0v) is 33.0. The number of carbonyl (C=O) groups excluding carboxylic acids is 4. The largest absolute Gasteiger partial charge is 0.463 e. The number of amides is 3. The minimum absolute atomic E-state index is 0.0985. The highest BCUT2D eigenvalue weighted by Crippen LogP contribution is 2.61. The van der Waals surface area contributed by atoms with Crippen molar-refractivity contribution in [2.45, 2.75) is 121 Å². The molecule has 10 nitrogen and oxygen atoms in total. The summed E-state index contributed by atoms with van der Waals surface area (Å²) in [6.45, 7) is 21.8. The molecule has 3 fully saturated rings. The number of aliphatic hydroxyl groups excluding tert-OH is 1. The number of nitrogens with one attached hydrogen (secondary N) is 1. The lowest BCUT2D eigenvalue weighted by molar-refractivity contribution is -0.156. The van der Waals surface area contributed by atoms with E-state index in [1.807, 2.05) is 58.0 Å². The van der Waals surface area contributed by atoms with Gasteiger partial charge in [-0.2, -0.15) is 0 Å². The second-order valence-electron chi connectivity index (χ2n) is 16.3. The van der Waals surface area contributed by atoms with E-state index in [0.717, 1.165) is 5.56 Å². The molecule has 0 saturated carbocycles. The third-order valence-electron chi connectivity index (χ3n) is 10.9. The molecule has 1 aromatic rings. The Morgan fingerprint density at radius 1 is 1.18 bits per heavy atom. The van der Waals surface area contributed by atoms with Crippen LogP contribution < -0.4 is 5.32 Å². The number of nitrogens with zero attached hydrogens (tertiary/aromatic N) is 2. The Hall–Kier alpha value is -3.02. The van der Waals surface area contributed by atoms with Crippen LogP contribution in [0.15, 0.2) is 55.6 Å². The van der Waals surface area contributed by atoms with Gasteiger partial charge in [-0.1, -0.05) is 99.5 Å². The second-order valence-corrected chi connectivity index (χ2v) is 17.5. The lowest BCUT2D eigenvalue weighted by Gasteiger charge is -2.47. The first kappa shape index (κ1) is 40.7. The number of fused-ring (bicyclic) bond motifs is 1. The number of halogens is 1. The normalized spacial score (nSPS) is 27.4. The molecule has 1 spiro atoms. The molecular weight excluding hydrogens is 714 g/mol. The summed E-state index contributed by atoms with van der Waals surface area (Å²) in [5, 5.41) is 13.9. The molecule has 2 N–H and O–H groups in total. The van der Waals surface area contributed by atoms with E-state index in [2.05, 4.69) is 55.2 Å². The molecule has 282 valence electrons. The van der Waals surface area contributed by atoms with Crippen molar-refractivity contribution >= 4 is 39.6 Å². The van der Waals surface area contributed by atoms with Crippen LogP contribution >= 0.6 is 15.9 Å². The number of hydrogen-bond acceptors (Lipinski definition) is 7. The van der Waals surface area contributed by atoms with E-state index in [1.54, 1.807) is 22.0 Å². The smallest absolute Gasteiger partial charge is 0.306 e. The molecule has 2 bridgehead atoms. The SMILES string of the molecule is C=CCCC(=O)OC[C@@H](NC(=O)[C@@H]1[C@H]2O[C@@]3(CC2Br)[C@H](C(=O)N(CC=C)C(C)(C)CC(C)(C)C)N([C@@H](CO)[C@@H](C)CC)C(=O)[C@@H]13)c1ccccc1. The van der Waals surface area contributed by atoms with Gasteiger partial charge in [0.25, 0.3) is 0 Å². The van der Waals surface area contributed by atoms with Crippen molar-refractivity contribution in [3.8, 4) is 0 Å². The number of ether oxygens (including phenoxy) is 2. The quantitative estimate of drug-likeness (QED) is 0.118. The molecule has 11 heteroatoms. The Morgan fingerprint density at radius 2 is 1.84 bits per heavy atom. The third kappa shape index (κ3) is 8.31. The van der Waals surface area contributed by atoms with E-state index in [4.69, 9.17) is 9.47 Å². The van der Waals surface area contributed by atoms with E-state index in [0.29, 0.717) is 25.7 Å². The van der Waals surface area contributed by atoms with Crippen LogP contribution in [0.1, 0.15) is 92.2 Å². The Bertz CT molecular complexity index is 1440. The monoisotopic (exact) mass is 771 g/mol. The summed E-state index contributed by atoms with van der Waals surface area (Å²) in [5.41, 5.74) is -1.30. The van der Waals surface area contributed by atoms with E-state index in [1.165, 1.54) is 0 Å². The summed E-state index contributed by atoms with van der Waals surface area (Å²) in [7, 11) is 0. The maximum absolute atomic E-state index is 15.2. The minimum Gasteiger partial charge on any atom is -0.463 e. The van der Waals surface area contributed by atoms with Gasteiger partial charge in [0.1, 0.15) is 18.2 Å². The average Bonchev–Trinajstić information content (AvgIpc) is 3.66. The molecule has 0 aliphatic carbocycles. The van der Waals surface area contributed by atoms with Gasteiger partial charge in [-0.25, -0.2) is 0 Å². The zero-order valence-electron chi connectivity index (χ0n) is 31.4. The molecule has 0 aromatic heterocycles. The lowest BCUT2D eigenvalue weighted by Crippen LogP contribution is -2.63. The number of aliphatic hydroxyl groups is 1. The van der Waals surface area contributed by atoms with Gasteiger partial charge in [0.15, 0.2) is 0 Å². The molecule has 3 amide bonds. The van der Waals surface area contributed by atoms with Crippen LogP contribution in [0.4, 0.5) is 0 Å². The molecule has 3 aliphatic rings. The fraction of sp³-hybridized carbons (Fsp3) is 0.650. The molecule has 3 saturated heterocycles. The molecule has 3 aliphatic heterocycles. The van der Waals surface area contributed by atoms with Crippen LogP contribution in [0.2, 0.25) is 0 Å². The first-order valence-electron chi connectivity index (χ1n) is 18.3. The molecule has 4 rings (SSSR count). The standard InChI is InChI=1S/C40H58BrN3O7/c1-10-13-19-30(46)50-23-28(26-17-15-14-16-18-26)42-35(47)31-32-36(48)44(29(22-45)25(4)12-3)34(40(32)21-27(41)33(31)51-40)37(49)43(20-11-2)39(8,9)24-38(5,6)7/h10-11,14-18,25,27-29,31-34,45H,1-2,12-13,19-24H2,3-9H3,(H,42,47)/t25-,27?,28+,29-,31-,32+,33-,34-,40+/m0/s1. The first-order chi connectivity index (χ1) is 24.0. The van der Waals surface area contributed by atoms with Crippen molar-refractivity contribution in [1.82, 2.24) is 15.1 Å². The molecule has 51 heavy (non-hydrogen) atoms. The molecule has 1 unspecified atom stereocenters. The Morgan fingerprint density at radius 3 is 2.41 bits per heavy atom. The van der Waals surface area contributed by atoms with Crippen molar-refractivity contribution in [3.63, 3.8) is 0 Å². The molecule has 1 aromatic carbocycles. The third-order valence-corrected chi connectivity index (χ3v) is 11.7. The Balaban J connectivity index is 1.77. The number of likely N-dealkylation sites (tertiary alicyclic amines) is 1. The number of hydrogen-bond donors (Lipinski definition) is 2. The zero-order chi connectivity index (χ0) is 37.9. The van der Waals surface area contributed by atoms with Crippen LogP contribution in [0.25, 0.3) is 0 Å². The van der Waals surface area contributed by atoms with Crippen molar-refractivity contribution < 1.29 is 33.8 Å². The van der Waals surface area contributed by atoms with Gasteiger partial charge < -0.3 is 29.7 Å².